The number of hydrogen-bond donors (Lipinski definition) is 0. The van der Waals surface area contributed by atoms with Crippen molar-refractivity contribution < 1.29 is 18.7 Å². The van der Waals surface area contributed by atoms with Crippen molar-refractivity contribution in [1.29, 1.82) is 0 Å². The molecule has 1 saturated heterocycles. The van der Waals surface area contributed by atoms with Gasteiger partial charge in [0.15, 0.2) is 5.76 Å². The first-order chi connectivity index (χ1) is 11.2. The van der Waals surface area contributed by atoms with Crippen molar-refractivity contribution in [3.63, 3.8) is 0 Å². The molecular weight excluding hydrogens is 294 g/mol. The lowest BCUT2D eigenvalue weighted by atomic mass is 9.97. The van der Waals surface area contributed by atoms with E-state index in [1.54, 1.807) is 17.0 Å². The van der Waals surface area contributed by atoms with Crippen LogP contribution in [0, 0.1) is 5.92 Å². The average Bonchev–Trinajstić information content (AvgIpc) is 3.12. The van der Waals surface area contributed by atoms with E-state index in [9.17, 15) is 9.59 Å². The van der Waals surface area contributed by atoms with Gasteiger partial charge in [0.2, 0.25) is 0 Å². The van der Waals surface area contributed by atoms with Crippen molar-refractivity contribution in [2.24, 2.45) is 5.92 Å². The molecule has 0 spiro atoms. The maximum Gasteiger partial charge on any atom is 0.309 e. The predicted molar refractivity (Wildman–Crippen MR) is 87.1 cm³/mol. The van der Waals surface area contributed by atoms with Crippen LogP contribution in [-0.4, -0.2) is 36.5 Å². The van der Waals surface area contributed by atoms with E-state index >= 15 is 0 Å². The summed E-state index contributed by atoms with van der Waals surface area (Å²) in [6.07, 6.45) is 8.57. The first-order valence-electron chi connectivity index (χ1n) is 8.71. The zero-order valence-corrected chi connectivity index (χ0v) is 14.0. The second kappa shape index (κ2) is 9.38. The number of likely N-dealkylation sites (tertiary alicyclic amines) is 1. The smallest absolute Gasteiger partial charge is 0.309 e. The summed E-state index contributed by atoms with van der Waals surface area (Å²) >= 11 is 0. The van der Waals surface area contributed by atoms with Gasteiger partial charge in [0, 0.05) is 13.1 Å². The Morgan fingerprint density at radius 3 is 2.61 bits per heavy atom. The van der Waals surface area contributed by atoms with Gasteiger partial charge < -0.3 is 14.1 Å². The Bertz CT molecular complexity index is 475. The minimum Gasteiger partial charge on any atom is -0.465 e. The molecule has 0 radical (unpaired) electrons. The highest BCUT2D eigenvalue weighted by Crippen LogP contribution is 2.20. The van der Waals surface area contributed by atoms with Crippen LogP contribution in [0.3, 0.4) is 0 Å². The number of carbonyl (C=O) groups excluding carboxylic acids is 2. The van der Waals surface area contributed by atoms with Crippen molar-refractivity contribution in [3.05, 3.63) is 24.2 Å². The molecule has 5 nitrogen and oxygen atoms in total. The summed E-state index contributed by atoms with van der Waals surface area (Å²) in [5.41, 5.74) is 0. The van der Waals surface area contributed by atoms with Gasteiger partial charge in [0.25, 0.3) is 5.91 Å². The van der Waals surface area contributed by atoms with Gasteiger partial charge in [0.1, 0.15) is 0 Å². The number of hydrogen-bond acceptors (Lipinski definition) is 4. The summed E-state index contributed by atoms with van der Waals surface area (Å²) in [7, 11) is 0. The third-order valence-corrected chi connectivity index (χ3v) is 4.34. The lowest BCUT2D eigenvalue weighted by Crippen LogP contribution is -2.40. The normalized spacial score (nSPS) is 15.6. The molecule has 1 aliphatic heterocycles. The SMILES string of the molecule is CCCCCCCOC(=O)C1CCN(C(=O)c2ccco2)CC1. The van der Waals surface area contributed by atoms with Crippen molar-refractivity contribution in [1.82, 2.24) is 4.90 Å². The Balaban J connectivity index is 1.64. The van der Waals surface area contributed by atoms with E-state index in [1.807, 2.05) is 0 Å². The van der Waals surface area contributed by atoms with Crippen LogP contribution < -0.4 is 0 Å². The summed E-state index contributed by atoms with van der Waals surface area (Å²) in [5, 5.41) is 0. The van der Waals surface area contributed by atoms with Crippen LogP contribution in [0.2, 0.25) is 0 Å². The lowest BCUT2D eigenvalue weighted by Gasteiger charge is -2.30. The zero-order valence-electron chi connectivity index (χ0n) is 14.0. The third-order valence-electron chi connectivity index (χ3n) is 4.34. The minimum absolute atomic E-state index is 0.0775. The highest BCUT2D eigenvalue weighted by atomic mass is 16.5. The Kier molecular flexibility index (Phi) is 7.17. The monoisotopic (exact) mass is 321 g/mol. The number of amides is 1. The first-order valence-corrected chi connectivity index (χ1v) is 8.71. The van der Waals surface area contributed by atoms with Crippen LogP contribution in [0.4, 0.5) is 0 Å². The highest BCUT2D eigenvalue weighted by molar-refractivity contribution is 5.91. The molecule has 0 N–H and O–H groups in total. The minimum atomic E-state index is -0.106. The number of ether oxygens (including phenoxy) is 1. The summed E-state index contributed by atoms with van der Waals surface area (Å²) in [6.45, 7) is 3.86. The van der Waals surface area contributed by atoms with Crippen LogP contribution in [0.15, 0.2) is 22.8 Å². The molecule has 128 valence electrons. The topological polar surface area (TPSA) is 59.8 Å². The molecule has 0 atom stereocenters. The fourth-order valence-electron chi connectivity index (χ4n) is 2.87. The van der Waals surface area contributed by atoms with E-state index in [-0.39, 0.29) is 17.8 Å². The largest absolute Gasteiger partial charge is 0.465 e. The Morgan fingerprint density at radius 2 is 1.96 bits per heavy atom. The number of furan rings is 1. The molecule has 23 heavy (non-hydrogen) atoms. The van der Waals surface area contributed by atoms with Gasteiger partial charge in [0.05, 0.1) is 18.8 Å². The standard InChI is InChI=1S/C18H27NO4/c1-2-3-4-5-6-13-23-18(21)15-9-11-19(12-10-15)17(20)16-8-7-14-22-16/h7-8,14-15H,2-6,9-13H2,1H3. The molecule has 0 aromatic carbocycles. The van der Waals surface area contributed by atoms with E-state index in [0.29, 0.717) is 38.3 Å². The molecule has 5 heteroatoms. The molecule has 1 aromatic heterocycles. The molecule has 0 unspecified atom stereocenters. The van der Waals surface area contributed by atoms with Crippen molar-refractivity contribution in [2.45, 2.75) is 51.9 Å². The number of piperidine rings is 1. The number of rotatable bonds is 8. The maximum atomic E-state index is 12.2. The Hall–Kier alpha value is -1.78. The number of unbranched alkanes of at least 4 members (excludes halogenated alkanes) is 4. The van der Waals surface area contributed by atoms with Gasteiger partial charge >= 0.3 is 5.97 Å². The molecule has 1 amide bonds. The van der Waals surface area contributed by atoms with Crippen LogP contribution >= 0.6 is 0 Å². The van der Waals surface area contributed by atoms with Crippen molar-refractivity contribution in [2.75, 3.05) is 19.7 Å². The quantitative estimate of drug-likeness (QED) is 0.542. The molecule has 0 saturated carbocycles. The summed E-state index contributed by atoms with van der Waals surface area (Å²) in [5.74, 6) is 0.0766. The van der Waals surface area contributed by atoms with E-state index in [2.05, 4.69) is 6.92 Å². The summed E-state index contributed by atoms with van der Waals surface area (Å²) < 4.78 is 10.5. The van der Waals surface area contributed by atoms with Crippen LogP contribution in [-0.2, 0) is 9.53 Å². The second-order valence-electron chi connectivity index (χ2n) is 6.13. The van der Waals surface area contributed by atoms with E-state index in [1.165, 1.54) is 25.5 Å². The second-order valence-corrected chi connectivity index (χ2v) is 6.13. The summed E-state index contributed by atoms with van der Waals surface area (Å²) in [6, 6.07) is 3.37. The Labute approximate surface area is 138 Å². The number of carbonyl (C=O) groups is 2. The van der Waals surface area contributed by atoms with Crippen molar-refractivity contribution >= 4 is 11.9 Å². The van der Waals surface area contributed by atoms with Crippen LogP contribution in [0.1, 0.15) is 62.4 Å². The van der Waals surface area contributed by atoms with Gasteiger partial charge in [-0.2, -0.15) is 0 Å². The fourth-order valence-corrected chi connectivity index (χ4v) is 2.87. The molecular formula is C18H27NO4. The van der Waals surface area contributed by atoms with Gasteiger partial charge in [-0.15, -0.1) is 0 Å². The molecule has 1 aromatic rings. The van der Waals surface area contributed by atoms with Crippen LogP contribution in [0.5, 0.6) is 0 Å². The average molecular weight is 321 g/mol. The van der Waals surface area contributed by atoms with E-state index < -0.39 is 0 Å². The summed E-state index contributed by atoms with van der Waals surface area (Å²) in [4.78, 5) is 25.9. The molecule has 0 aliphatic carbocycles. The number of esters is 1. The van der Waals surface area contributed by atoms with Gasteiger partial charge in [-0.25, -0.2) is 0 Å². The van der Waals surface area contributed by atoms with Crippen LogP contribution in [0.25, 0.3) is 0 Å². The number of nitrogens with zero attached hydrogens (tertiary/aromatic N) is 1. The van der Waals surface area contributed by atoms with E-state index in [0.717, 1.165) is 12.8 Å². The fraction of sp³-hybridized carbons (Fsp3) is 0.667. The van der Waals surface area contributed by atoms with E-state index in [4.69, 9.17) is 9.15 Å². The molecule has 2 rings (SSSR count). The zero-order chi connectivity index (χ0) is 16.5. The molecule has 1 aliphatic rings. The van der Waals surface area contributed by atoms with Gasteiger partial charge in [-0.3, -0.25) is 9.59 Å². The van der Waals surface area contributed by atoms with Gasteiger partial charge in [-0.05, 0) is 31.4 Å². The lowest BCUT2D eigenvalue weighted by molar-refractivity contribution is -0.150. The maximum absolute atomic E-state index is 12.2. The van der Waals surface area contributed by atoms with Gasteiger partial charge in [-0.1, -0.05) is 32.6 Å². The molecule has 0 bridgehead atoms. The van der Waals surface area contributed by atoms with Crippen molar-refractivity contribution in [3.8, 4) is 0 Å². The Morgan fingerprint density at radius 1 is 1.22 bits per heavy atom. The highest BCUT2D eigenvalue weighted by Gasteiger charge is 2.29. The predicted octanol–water partition coefficient (Wildman–Crippen LogP) is 3.65. The third kappa shape index (κ3) is 5.41. The molecule has 2 heterocycles. The molecule has 1 fully saturated rings. The first kappa shape index (κ1) is 17.6.